The van der Waals surface area contributed by atoms with Crippen molar-refractivity contribution in [1.82, 2.24) is 20.8 Å². The van der Waals surface area contributed by atoms with Crippen molar-refractivity contribution >= 4 is 47.1 Å². The summed E-state index contributed by atoms with van der Waals surface area (Å²) >= 11 is 9.09. The average Bonchev–Trinajstić information content (AvgIpc) is 2.57. The van der Waals surface area contributed by atoms with Crippen LogP contribution < -0.4 is 47.1 Å². The van der Waals surface area contributed by atoms with Crippen LogP contribution in [0, 0.1) is 0 Å². The summed E-state index contributed by atoms with van der Waals surface area (Å²) in [5.74, 6) is 0. The molecule has 0 aliphatic carbocycles. The standard InChI is InChI=1S/2C7H8N4S.2ClH.Pt/c2*8-7(12)11-10-5-6-3-1-2-4-9-6;;;/h2*1-5H,(H3,8,11,12);2*1H;/q;;;;+2/p-2/b2*10-5-;;;. The summed E-state index contributed by atoms with van der Waals surface area (Å²) in [5.41, 5.74) is 16.7. The number of rotatable bonds is 4. The fraction of sp³-hybridized carbons (Fsp3) is 0. The monoisotopic (exact) mass is 625 g/mol. The van der Waals surface area contributed by atoms with Gasteiger partial charge in [-0.05, 0) is 48.7 Å². The normalized spacial score (nSPS) is 8.89. The van der Waals surface area contributed by atoms with Gasteiger partial charge in [0.1, 0.15) is 0 Å². The Bertz CT molecular complexity index is 643. The number of hydrogen-bond donors (Lipinski definition) is 4. The van der Waals surface area contributed by atoms with Gasteiger partial charge in [-0.1, -0.05) is 12.1 Å². The van der Waals surface area contributed by atoms with E-state index in [4.69, 9.17) is 11.5 Å². The molecule has 0 unspecified atom stereocenters. The SMILES string of the molecule is NC(=S)N/N=C\c1ccccn1.NC(=S)N/N=C\c1ccccn1.[Cl-].[Cl-].[Pt+2]. The third-order valence-corrected chi connectivity index (χ3v) is 2.30. The van der Waals surface area contributed by atoms with Crippen molar-refractivity contribution in [3.8, 4) is 0 Å². The Hall–Kier alpha value is -1.71. The summed E-state index contributed by atoms with van der Waals surface area (Å²) in [7, 11) is 0. The summed E-state index contributed by atoms with van der Waals surface area (Å²) in [4.78, 5) is 8.00. The maximum absolute atomic E-state index is 5.14. The third kappa shape index (κ3) is 17.5. The van der Waals surface area contributed by atoms with Crippen molar-refractivity contribution in [1.29, 1.82) is 0 Å². The van der Waals surface area contributed by atoms with Crippen LogP contribution in [0.25, 0.3) is 0 Å². The van der Waals surface area contributed by atoms with E-state index in [1.165, 1.54) is 0 Å². The Morgan fingerprint density at radius 3 is 1.44 bits per heavy atom. The van der Waals surface area contributed by atoms with Crippen LogP contribution in [0.5, 0.6) is 0 Å². The van der Waals surface area contributed by atoms with Crippen molar-refractivity contribution in [2.75, 3.05) is 0 Å². The van der Waals surface area contributed by atoms with E-state index in [-0.39, 0.29) is 56.1 Å². The number of nitrogens with one attached hydrogen (secondary N) is 2. The first kappa shape index (κ1) is 30.0. The van der Waals surface area contributed by atoms with E-state index in [9.17, 15) is 0 Å². The Morgan fingerprint density at radius 2 is 1.19 bits per heavy atom. The summed E-state index contributed by atoms with van der Waals surface area (Å²) in [6, 6.07) is 11.1. The van der Waals surface area contributed by atoms with Gasteiger partial charge in [0.2, 0.25) is 0 Å². The zero-order chi connectivity index (χ0) is 17.6. The summed E-state index contributed by atoms with van der Waals surface area (Å²) < 4.78 is 0. The summed E-state index contributed by atoms with van der Waals surface area (Å²) in [5, 5.41) is 7.76. The van der Waals surface area contributed by atoms with E-state index >= 15 is 0 Å². The van der Waals surface area contributed by atoms with Gasteiger partial charge in [0, 0.05) is 12.4 Å². The number of hydrazone groups is 2. The van der Waals surface area contributed by atoms with E-state index in [0.717, 1.165) is 11.4 Å². The van der Waals surface area contributed by atoms with Crippen molar-refractivity contribution in [3.63, 3.8) is 0 Å². The largest absolute Gasteiger partial charge is 2.00 e. The van der Waals surface area contributed by atoms with Crippen LogP contribution in [0.15, 0.2) is 59.0 Å². The van der Waals surface area contributed by atoms with Gasteiger partial charge in [0.05, 0.1) is 23.8 Å². The van der Waals surface area contributed by atoms with E-state index in [1.807, 2.05) is 36.4 Å². The van der Waals surface area contributed by atoms with Crippen LogP contribution in [-0.4, -0.2) is 32.6 Å². The molecule has 0 fully saturated rings. The van der Waals surface area contributed by atoms with E-state index in [1.54, 1.807) is 24.8 Å². The fourth-order valence-corrected chi connectivity index (χ4v) is 1.33. The molecule has 2 aromatic rings. The van der Waals surface area contributed by atoms with Gasteiger partial charge in [-0.3, -0.25) is 20.8 Å². The van der Waals surface area contributed by atoms with Crippen LogP contribution in [0.4, 0.5) is 0 Å². The van der Waals surface area contributed by atoms with Gasteiger partial charge in [0.15, 0.2) is 10.2 Å². The number of pyridine rings is 2. The number of nitrogens with two attached hydrogens (primary N) is 2. The predicted octanol–water partition coefficient (Wildman–Crippen LogP) is -5.50. The maximum Gasteiger partial charge on any atom is 2.00 e. The number of thiocarbonyl (C=S) groups is 2. The van der Waals surface area contributed by atoms with Gasteiger partial charge in [0.25, 0.3) is 0 Å². The number of nitrogens with zero attached hydrogens (tertiary/aromatic N) is 4. The molecule has 27 heavy (non-hydrogen) atoms. The van der Waals surface area contributed by atoms with Gasteiger partial charge >= 0.3 is 21.1 Å². The first-order valence-corrected chi connectivity index (χ1v) is 7.38. The van der Waals surface area contributed by atoms with Gasteiger partial charge < -0.3 is 36.3 Å². The smallest absolute Gasteiger partial charge is 1.00 e. The molecule has 0 saturated carbocycles. The molecule has 2 heterocycles. The Morgan fingerprint density at radius 1 is 0.815 bits per heavy atom. The maximum atomic E-state index is 5.14. The summed E-state index contributed by atoms with van der Waals surface area (Å²) in [6.07, 6.45) is 6.45. The second-order valence-corrected chi connectivity index (χ2v) is 4.86. The van der Waals surface area contributed by atoms with Gasteiger partial charge in [-0.15, -0.1) is 0 Å². The molecular weight excluding hydrogens is 610 g/mol. The Kier molecular flexibility index (Phi) is 21.2. The van der Waals surface area contributed by atoms with E-state index in [2.05, 4.69) is 55.5 Å². The average molecular weight is 626 g/mol. The van der Waals surface area contributed by atoms with E-state index < -0.39 is 0 Å². The molecule has 0 aliphatic rings. The van der Waals surface area contributed by atoms with E-state index in [0.29, 0.717) is 0 Å². The van der Waals surface area contributed by atoms with Crippen LogP contribution in [0.1, 0.15) is 11.4 Å². The number of hydrogen-bond acceptors (Lipinski definition) is 6. The molecule has 0 amide bonds. The minimum Gasteiger partial charge on any atom is -1.00 e. The second kappa shape index (κ2) is 19.1. The molecule has 0 aliphatic heterocycles. The van der Waals surface area contributed by atoms with Crippen molar-refractivity contribution in [2.24, 2.45) is 21.7 Å². The van der Waals surface area contributed by atoms with Crippen LogP contribution >= 0.6 is 24.4 Å². The zero-order valence-electron chi connectivity index (χ0n) is 13.6. The Balaban J connectivity index is -0.000000384. The van der Waals surface area contributed by atoms with Crippen LogP contribution in [0.3, 0.4) is 0 Å². The molecule has 148 valence electrons. The molecule has 0 aromatic carbocycles. The topological polar surface area (TPSA) is 127 Å². The van der Waals surface area contributed by atoms with Crippen LogP contribution in [-0.2, 0) is 21.1 Å². The molecule has 0 saturated heterocycles. The first-order chi connectivity index (χ1) is 11.6. The number of halogens is 2. The molecule has 6 N–H and O–H groups in total. The van der Waals surface area contributed by atoms with Crippen molar-refractivity contribution < 1.29 is 45.9 Å². The second-order valence-electron chi connectivity index (χ2n) is 3.98. The molecule has 2 aromatic heterocycles. The Labute approximate surface area is 194 Å². The molecule has 2 rings (SSSR count). The molecule has 13 heteroatoms. The fourth-order valence-electron chi connectivity index (χ4n) is 1.23. The first-order valence-electron chi connectivity index (χ1n) is 6.57. The predicted molar refractivity (Wildman–Crippen MR) is 104 cm³/mol. The quantitative estimate of drug-likeness (QED) is 0.151. The zero-order valence-corrected chi connectivity index (χ0v) is 19.0. The number of aromatic nitrogens is 2. The minimum absolute atomic E-state index is 0. The molecular formula is C14H16Cl2N8PtS2. The molecule has 8 nitrogen and oxygen atoms in total. The third-order valence-electron chi connectivity index (χ3n) is 2.12. The molecule has 0 spiro atoms. The van der Waals surface area contributed by atoms with Gasteiger partial charge in [-0.2, -0.15) is 10.2 Å². The van der Waals surface area contributed by atoms with Gasteiger partial charge in [-0.25, -0.2) is 0 Å². The molecule has 0 atom stereocenters. The molecule has 0 bridgehead atoms. The minimum atomic E-state index is 0. The summed E-state index contributed by atoms with van der Waals surface area (Å²) in [6.45, 7) is 0. The van der Waals surface area contributed by atoms with Crippen molar-refractivity contribution in [3.05, 3.63) is 60.2 Å². The van der Waals surface area contributed by atoms with Crippen LogP contribution in [0.2, 0.25) is 0 Å². The van der Waals surface area contributed by atoms with Crippen molar-refractivity contribution in [2.45, 2.75) is 0 Å². The molecule has 0 radical (unpaired) electrons.